The van der Waals surface area contributed by atoms with E-state index in [1.54, 1.807) is 12.3 Å². The Morgan fingerprint density at radius 1 is 1.30 bits per heavy atom. The lowest BCUT2D eigenvalue weighted by atomic mass is 10.1. The zero-order valence-electron chi connectivity index (χ0n) is 23.5. The number of hydrogen-bond donors (Lipinski definition) is 2. The maximum atomic E-state index is 12.1. The number of thioether (sulfide) groups is 1. The van der Waals surface area contributed by atoms with Gasteiger partial charge in [0.05, 0.1) is 23.6 Å². The maximum Gasteiger partial charge on any atom is 0.398 e. The molecule has 2 aromatic rings. The van der Waals surface area contributed by atoms with Gasteiger partial charge in [-0.3, -0.25) is 19.7 Å². The van der Waals surface area contributed by atoms with Crippen LogP contribution in [0.15, 0.2) is 52.1 Å². The third-order valence-electron chi connectivity index (χ3n) is 5.77. The third kappa shape index (κ3) is 14.6. The molecule has 0 bridgehead atoms. The first kappa shape index (κ1) is 37.2. The molecule has 0 unspecified atom stereocenters. The highest BCUT2D eigenvalue weighted by Gasteiger charge is 2.29. The Kier molecular flexibility index (Phi) is 20.5. The second-order valence-electron chi connectivity index (χ2n) is 8.29. The molecule has 2 aliphatic heterocycles. The monoisotopic (exact) mass is 582 g/mol. The van der Waals surface area contributed by atoms with Gasteiger partial charge in [0.25, 0.3) is 0 Å². The number of nitrogens with zero attached hydrogens (tertiary/aromatic N) is 3. The summed E-state index contributed by atoms with van der Waals surface area (Å²) >= 11 is 0.844. The first-order chi connectivity index (χ1) is 19.3. The number of halogens is 3. The minimum atomic E-state index is -4.12. The van der Waals surface area contributed by atoms with E-state index in [4.69, 9.17) is 9.84 Å². The zero-order chi connectivity index (χ0) is 30.4. The smallest absolute Gasteiger partial charge is 0.398 e. The van der Waals surface area contributed by atoms with Crippen LogP contribution in [0.2, 0.25) is 0 Å². The maximum absolute atomic E-state index is 12.1. The number of terminal acetylenes is 1. The first-order valence-electron chi connectivity index (χ1n) is 12.7. The fourth-order valence-electron chi connectivity index (χ4n) is 3.71. The number of aliphatic imine (C=N–C) groups is 1. The number of aliphatic hydroxyl groups is 1. The van der Waals surface area contributed by atoms with Gasteiger partial charge in [-0.25, -0.2) is 0 Å². The highest BCUT2D eigenvalue weighted by molar-refractivity contribution is 8.03. The number of likely N-dealkylation sites (N-methyl/N-ethyl adjacent to an activating group) is 2. The van der Waals surface area contributed by atoms with Crippen molar-refractivity contribution in [3.05, 3.63) is 52.7 Å². The molecule has 11 heteroatoms. The number of ether oxygens (including phenoxy) is 1. The summed E-state index contributed by atoms with van der Waals surface area (Å²) in [5, 5.41) is 11.1. The minimum Gasteiger partial charge on any atom is -0.400 e. The molecule has 7 nitrogen and oxygen atoms in total. The predicted octanol–water partition coefficient (Wildman–Crippen LogP) is 5.21. The van der Waals surface area contributed by atoms with Crippen molar-refractivity contribution in [1.82, 2.24) is 15.2 Å². The minimum absolute atomic E-state index is 0.611. The predicted molar refractivity (Wildman–Crippen MR) is 160 cm³/mol. The molecule has 0 saturated carbocycles. The Labute approximate surface area is 240 Å². The number of fused-ring (bicyclic) bond motifs is 1. The van der Waals surface area contributed by atoms with Gasteiger partial charge in [-0.05, 0) is 51.7 Å². The Bertz CT molecular complexity index is 1040. The summed E-state index contributed by atoms with van der Waals surface area (Å²) in [4.78, 5) is 21.4. The van der Waals surface area contributed by atoms with Crippen LogP contribution >= 0.6 is 11.8 Å². The summed E-state index contributed by atoms with van der Waals surface area (Å²) < 4.78 is 41.5. The molecule has 0 amide bonds. The molecule has 1 saturated heterocycles. The Hall–Kier alpha value is -2.75. The second kappa shape index (κ2) is 22.0. The topological polar surface area (TPSA) is 87.0 Å². The van der Waals surface area contributed by atoms with E-state index in [1.165, 1.54) is 12.8 Å². The van der Waals surface area contributed by atoms with E-state index in [1.807, 2.05) is 38.2 Å². The van der Waals surface area contributed by atoms with Crippen LogP contribution in [0.25, 0.3) is 10.9 Å². The van der Waals surface area contributed by atoms with Gasteiger partial charge in [0.15, 0.2) is 6.29 Å². The molecule has 0 spiro atoms. The molecule has 3 heterocycles. The summed E-state index contributed by atoms with van der Waals surface area (Å²) in [5.74, 6) is -0.840. The average Bonchev–Trinajstić information content (AvgIpc) is 3.02. The molecule has 0 radical (unpaired) electrons. The molecule has 0 aliphatic carbocycles. The van der Waals surface area contributed by atoms with Gasteiger partial charge in [0.2, 0.25) is 0 Å². The number of aromatic nitrogens is 1. The molecule has 4 rings (SSSR count). The van der Waals surface area contributed by atoms with Crippen LogP contribution in [0.1, 0.15) is 36.5 Å². The zero-order valence-corrected chi connectivity index (χ0v) is 24.3. The molecule has 1 aromatic carbocycles. The molecular weight excluding hydrogens is 541 g/mol. The van der Waals surface area contributed by atoms with Crippen molar-refractivity contribution >= 4 is 35.7 Å². The van der Waals surface area contributed by atoms with Gasteiger partial charge in [-0.1, -0.05) is 25.1 Å². The molecule has 2 aliphatic rings. The van der Waals surface area contributed by atoms with Gasteiger partial charge in [-0.15, -0.1) is 24.6 Å². The largest absolute Gasteiger partial charge is 0.400 e. The van der Waals surface area contributed by atoms with Gasteiger partial charge in [-0.2, -0.15) is 13.2 Å². The summed E-state index contributed by atoms with van der Waals surface area (Å²) in [5.41, 5.74) is 2.25. The van der Waals surface area contributed by atoms with Gasteiger partial charge in [0.1, 0.15) is 0 Å². The number of benzene rings is 1. The SMILES string of the molecule is C#C.C=NC1=C(SCC(F)(F)F)CCN(CC)C1.CN[C@H]1CCCOC1.CO.O=Cc1cccc2ncccc12. The summed E-state index contributed by atoms with van der Waals surface area (Å²) in [6, 6.07) is 9.85. The first-order valence-corrected chi connectivity index (χ1v) is 13.7. The standard InChI is InChI=1S/C10H15F3N2S.C10H7NO.C6H13NO.C2H2.CH4O/c1-3-15-5-4-9(8(6-15)14-2)16-7-10(11,12)13;12-7-8-3-1-5-10-9(8)4-2-6-11-10;1-7-6-3-2-4-8-5-6;2*1-2/h2-7H2,1H3;1-7H;6-7H,2-5H2,1H3;1-2H;2H,1H3/t;;6-;;/m..0../s1. The summed E-state index contributed by atoms with van der Waals surface area (Å²) in [6.45, 7) is 9.59. The van der Waals surface area contributed by atoms with E-state index < -0.39 is 11.9 Å². The van der Waals surface area contributed by atoms with E-state index in [0.29, 0.717) is 30.3 Å². The Morgan fingerprint density at radius 3 is 2.55 bits per heavy atom. The van der Waals surface area contributed by atoms with E-state index in [0.717, 1.165) is 67.3 Å². The number of carbonyl (C=O) groups excluding carboxylic acids is 1. The van der Waals surface area contributed by atoms with E-state index in [2.05, 4.69) is 39.8 Å². The number of aliphatic hydroxyl groups excluding tert-OH is 1. The van der Waals surface area contributed by atoms with Crippen molar-refractivity contribution in [1.29, 1.82) is 0 Å². The van der Waals surface area contributed by atoms with Crippen LogP contribution in [0.3, 0.4) is 0 Å². The number of carbonyl (C=O) groups is 1. The van der Waals surface area contributed by atoms with E-state index >= 15 is 0 Å². The summed E-state index contributed by atoms with van der Waals surface area (Å²) in [6.07, 6.45) is 9.58. The van der Waals surface area contributed by atoms with Gasteiger partial charge < -0.3 is 15.2 Å². The third-order valence-corrected chi connectivity index (χ3v) is 7.03. The normalized spacial score (nSPS) is 16.9. The van der Waals surface area contributed by atoms with Crippen LogP contribution in [-0.2, 0) is 4.74 Å². The molecule has 1 fully saturated rings. The molecule has 1 aromatic heterocycles. The van der Waals surface area contributed by atoms with Gasteiger partial charge >= 0.3 is 6.18 Å². The lowest BCUT2D eigenvalue weighted by molar-refractivity contribution is -0.105. The summed E-state index contributed by atoms with van der Waals surface area (Å²) in [7, 11) is 2.99. The molecule has 1 atom stereocenters. The number of rotatable bonds is 6. The van der Waals surface area contributed by atoms with Crippen LogP contribution in [-0.4, -0.2) is 93.0 Å². The van der Waals surface area contributed by atoms with Gasteiger partial charge in [0, 0.05) is 54.9 Å². The van der Waals surface area contributed by atoms with Crippen molar-refractivity contribution in [2.45, 2.75) is 38.4 Å². The number of pyridine rings is 1. The van der Waals surface area contributed by atoms with E-state index in [9.17, 15) is 18.0 Å². The fraction of sp³-hybridized carbons (Fsp3) is 0.483. The second-order valence-corrected chi connectivity index (χ2v) is 9.36. The lowest BCUT2D eigenvalue weighted by Gasteiger charge is -2.27. The highest BCUT2D eigenvalue weighted by Crippen LogP contribution is 2.33. The number of nitrogens with one attached hydrogen (secondary N) is 1. The van der Waals surface area contributed by atoms with Crippen molar-refractivity contribution in [3.8, 4) is 12.8 Å². The Morgan fingerprint density at radius 2 is 2.02 bits per heavy atom. The van der Waals surface area contributed by atoms with Crippen molar-refractivity contribution in [3.63, 3.8) is 0 Å². The van der Waals surface area contributed by atoms with Crippen LogP contribution < -0.4 is 5.32 Å². The van der Waals surface area contributed by atoms with E-state index in [-0.39, 0.29) is 0 Å². The van der Waals surface area contributed by atoms with Crippen molar-refractivity contribution < 1.29 is 27.8 Å². The lowest BCUT2D eigenvalue weighted by Crippen LogP contribution is -2.33. The van der Waals surface area contributed by atoms with Crippen LogP contribution in [0.5, 0.6) is 0 Å². The molecule has 222 valence electrons. The molecule has 2 N–H and O–H groups in total. The molecule has 40 heavy (non-hydrogen) atoms. The Balaban J connectivity index is 0.000000559. The van der Waals surface area contributed by atoms with Crippen molar-refractivity contribution in [2.24, 2.45) is 4.99 Å². The average molecular weight is 583 g/mol. The van der Waals surface area contributed by atoms with Crippen LogP contribution in [0.4, 0.5) is 13.2 Å². The van der Waals surface area contributed by atoms with Crippen LogP contribution in [0, 0.1) is 12.8 Å². The van der Waals surface area contributed by atoms with Crippen molar-refractivity contribution in [2.75, 3.05) is 52.8 Å². The molecular formula is C29H41F3N4O3S. The quantitative estimate of drug-likeness (QED) is 0.275. The highest BCUT2D eigenvalue weighted by atomic mass is 32.2. The number of hydrogen-bond acceptors (Lipinski definition) is 8. The number of alkyl halides is 3. The number of aldehydes is 1. The fourth-order valence-corrected chi connectivity index (χ4v) is 4.58.